The molecule has 1 N–H and O–H groups in total. The standard InChI is InChI=1S/C14H24FN/c15-14(9-6-11-16-12-10-14)13-7-4-2-1-3-5-8-13/h7,16H,1-6,8-12H2. The van der Waals surface area contributed by atoms with Crippen LogP contribution < -0.4 is 5.32 Å². The second-order valence-electron chi connectivity index (χ2n) is 5.25. The van der Waals surface area contributed by atoms with E-state index in [1.807, 2.05) is 0 Å². The van der Waals surface area contributed by atoms with Crippen LogP contribution in [-0.4, -0.2) is 18.8 Å². The van der Waals surface area contributed by atoms with Crippen molar-refractivity contribution in [1.29, 1.82) is 0 Å². The molecule has 2 heteroatoms. The molecule has 2 aliphatic rings. The molecular weight excluding hydrogens is 201 g/mol. The highest BCUT2D eigenvalue weighted by Crippen LogP contribution is 2.36. The fourth-order valence-corrected chi connectivity index (χ4v) is 2.95. The fourth-order valence-electron chi connectivity index (χ4n) is 2.95. The maximum absolute atomic E-state index is 14.9. The van der Waals surface area contributed by atoms with E-state index in [9.17, 15) is 4.39 Å². The number of halogens is 1. The molecule has 0 spiro atoms. The molecule has 1 heterocycles. The molecule has 0 saturated carbocycles. The summed E-state index contributed by atoms with van der Waals surface area (Å²) in [7, 11) is 0. The van der Waals surface area contributed by atoms with Crippen LogP contribution in [0.2, 0.25) is 0 Å². The van der Waals surface area contributed by atoms with Gasteiger partial charge in [-0.15, -0.1) is 0 Å². The van der Waals surface area contributed by atoms with Crippen LogP contribution in [0.15, 0.2) is 11.6 Å². The largest absolute Gasteiger partial charge is 0.317 e. The van der Waals surface area contributed by atoms with Crippen LogP contribution in [-0.2, 0) is 0 Å². The highest BCUT2D eigenvalue weighted by molar-refractivity contribution is 5.18. The van der Waals surface area contributed by atoms with Crippen molar-refractivity contribution in [3.63, 3.8) is 0 Å². The van der Waals surface area contributed by atoms with Crippen LogP contribution in [0, 0.1) is 0 Å². The van der Waals surface area contributed by atoms with Gasteiger partial charge in [-0.3, -0.25) is 0 Å². The monoisotopic (exact) mass is 225 g/mol. The minimum absolute atomic E-state index is 0.679. The minimum Gasteiger partial charge on any atom is -0.317 e. The van der Waals surface area contributed by atoms with Gasteiger partial charge in [-0.05, 0) is 63.6 Å². The summed E-state index contributed by atoms with van der Waals surface area (Å²) >= 11 is 0. The van der Waals surface area contributed by atoms with Gasteiger partial charge in [0.15, 0.2) is 0 Å². The molecule has 0 bridgehead atoms. The number of hydrogen-bond donors (Lipinski definition) is 1. The topological polar surface area (TPSA) is 12.0 Å². The van der Waals surface area contributed by atoms with E-state index >= 15 is 0 Å². The van der Waals surface area contributed by atoms with Crippen LogP contribution in [0.4, 0.5) is 4.39 Å². The summed E-state index contributed by atoms with van der Waals surface area (Å²) in [6.07, 6.45) is 11.7. The first kappa shape index (κ1) is 12.1. The van der Waals surface area contributed by atoms with Gasteiger partial charge in [0.1, 0.15) is 5.67 Å². The molecule has 1 saturated heterocycles. The predicted molar refractivity (Wildman–Crippen MR) is 66.3 cm³/mol. The molecular formula is C14H24FN. The van der Waals surface area contributed by atoms with Crippen LogP contribution >= 0.6 is 0 Å². The summed E-state index contributed by atoms with van der Waals surface area (Å²) in [6.45, 7) is 1.83. The summed E-state index contributed by atoms with van der Waals surface area (Å²) in [5, 5.41) is 3.30. The van der Waals surface area contributed by atoms with Crippen molar-refractivity contribution in [2.75, 3.05) is 13.1 Å². The second kappa shape index (κ2) is 5.81. The summed E-state index contributed by atoms with van der Waals surface area (Å²) in [4.78, 5) is 0. The molecule has 0 radical (unpaired) electrons. The maximum Gasteiger partial charge on any atom is 0.133 e. The number of alkyl halides is 1. The van der Waals surface area contributed by atoms with E-state index in [-0.39, 0.29) is 0 Å². The normalized spacial score (nSPS) is 33.4. The molecule has 1 unspecified atom stereocenters. The van der Waals surface area contributed by atoms with Gasteiger partial charge in [-0.1, -0.05) is 18.9 Å². The van der Waals surface area contributed by atoms with E-state index in [0.717, 1.165) is 44.3 Å². The van der Waals surface area contributed by atoms with E-state index < -0.39 is 5.67 Å². The Morgan fingerprint density at radius 3 is 2.81 bits per heavy atom. The highest BCUT2D eigenvalue weighted by atomic mass is 19.1. The Hall–Kier alpha value is -0.370. The van der Waals surface area contributed by atoms with Crippen molar-refractivity contribution in [2.45, 2.75) is 63.5 Å². The van der Waals surface area contributed by atoms with Crippen LogP contribution in [0.3, 0.4) is 0 Å². The summed E-state index contributed by atoms with van der Waals surface area (Å²) in [6, 6.07) is 0. The smallest absolute Gasteiger partial charge is 0.133 e. The first-order chi connectivity index (χ1) is 7.81. The molecule has 1 fully saturated rings. The van der Waals surface area contributed by atoms with Gasteiger partial charge >= 0.3 is 0 Å². The molecule has 0 amide bonds. The van der Waals surface area contributed by atoms with E-state index in [4.69, 9.17) is 0 Å². The molecule has 1 nitrogen and oxygen atoms in total. The molecule has 92 valence electrons. The van der Waals surface area contributed by atoms with Crippen LogP contribution in [0.5, 0.6) is 0 Å². The third-order valence-corrected chi connectivity index (χ3v) is 3.99. The molecule has 1 aliphatic carbocycles. The van der Waals surface area contributed by atoms with Crippen LogP contribution in [0.25, 0.3) is 0 Å². The Balaban J connectivity index is 2.06. The minimum atomic E-state index is -0.985. The zero-order valence-corrected chi connectivity index (χ0v) is 10.2. The number of rotatable bonds is 1. The Bertz CT molecular complexity index is 239. The van der Waals surface area contributed by atoms with Crippen LogP contribution in [0.1, 0.15) is 57.8 Å². The van der Waals surface area contributed by atoms with E-state index in [0.29, 0.717) is 6.42 Å². The van der Waals surface area contributed by atoms with Gasteiger partial charge in [0, 0.05) is 0 Å². The maximum atomic E-state index is 14.9. The lowest BCUT2D eigenvalue weighted by atomic mass is 9.83. The van der Waals surface area contributed by atoms with E-state index in [1.165, 1.54) is 25.7 Å². The van der Waals surface area contributed by atoms with Crippen molar-refractivity contribution < 1.29 is 4.39 Å². The van der Waals surface area contributed by atoms with Gasteiger partial charge in [0.2, 0.25) is 0 Å². The number of hydrogen-bond acceptors (Lipinski definition) is 1. The second-order valence-corrected chi connectivity index (χ2v) is 5.25. The zero-order valence-electron chi connectivity index (χ0n) is 10.2. The third-order valence-electron chi connectivity index (χ3n) is 3.99. The molecule has 1 aliphatic heterocycles. The van der Waals surface area contributed by atoms with Crippen molar-refractivity contribution in [3.05, 3.63) is 11.6 Å². The Labute approximate surface area is 98.5 Å². The van der Waals surface area contributed by atoms with Gasteiger partial charge in [-0.2, -0.15) is 0 Å². The van der Waals surface area contributed by atoms with Gasteiger partial charge in [-0.25, -0.2) is 4.39 Å². The average Bonchev–Trinajstić information content (AvgIpc) is 2.43. The average molecular weight is 225 g/mol. The van der Waals surface area contributed by atoms with Gasteiger partial charge in [0.25, 0.3) is 0 Å². The lowest BCUT2D eigenvalue weighted by Crippen LogP contribution is -2.27. The van der Waals surface area contributed by atoms with E-state index in [1.54, 1.807) is 0 Å². The molecule has 0 aromatic heterocycles. The van der Waals surface area contributed by atoms with Crippen molar-refractivity contribution in [2.24, 2.45) is 0 Å². The molecule has 1 atom stereocenters. The number of allylic oxidation sites excluding steroid dienone is 2. The lowest BCUT2D eigenvalue weighted by Gasteiger charge is -2.28. The van der Waals surface area contributed by atoms with Gasteiger partial charge in [0.05, 0.1) is 0 Å². The molecule has 0 aromatic carbocycles. The zero-order chi connectivity index (χ0) is 11.3. The fraction of sp³-hybridized carbons (Fsp3) is 0.857. The summed E-state index contributed by atoms with van der Waals surface area (Å²) < 4.78 is 14.9. The predicted octanol–water partition coefficient (Wildman–Crippen LogP) is 3.75. The van der Waals surface area contributed by atoms with E-state index in [2.05, 4.69) is 11.4 Å². The quantitative estimate of drug-likeness (QED) is 0.670. The lowest BCUT2D eigenvalue weighted by molar-refractivity contribution is 0.183. The summed E-state index contributed by atoms with van der Waals surface area (Å²) in [5.74, 6) is 0. The Morgan fingerprint density at radius 2 is 1.88 bits per heavy atom. The third kappa shape index (κ3) is 3.07. The summed E-state index contributed by atoms with van der Waals surface area (Å²) in [5.41, 5.74) is 0.136. The van der Waals surface area contributed by atoms with Crippen molar-refractivity contribution in [1.82, 2.24) is 5.32 Å². The highest BCUT2D eigenvalue weighted by Gasteiger charge is 2.34. The van der Waals surface area contributed by atoms with Crippen molar-refractivity contribution in [3.8, 4) is 0 Å². The Morgan fingerprint density at radius 1 is 1.00 bits per heavy atom. The first-order valence-electron chi connectivity index (χ1n) is 6.90. The number of nitrogens with one attached hydrogen (secondary N) is 1. The first-order valence-corrected chi connectivity index (χ1v) is 6.90. The van der Waals surface area contributed by atoms with Gasteiger partial charge < -0.3 is 5.32 Å². The molecule has 0 aromatic rings. The Kier molecular flexibility index (Phi) is 4.39. The molecule has 16 heavy (non-hydrogen) atoms. The van der Waals surface area contributed by atoms with Crippen molar-refractivity contribution >= 4 is 0 Å². The SMILES string of the molecule is FC1(C2=CCCCCCC2)CCCNCC1. The molecule has 2 rings (SSSR count).